The van der Waals surface area contributed by atoms with Crippen LogP contribution in [0.1, 0.15) is 27.7 Å². The summed E-state index contributed by atoms with van der Waals surface area (Å²) in [6, 6.07) is 0. The number of hydrogen-bond donors (Lipinski definition) is 2. The van der Waals surface area contributed by atoms with Crippen molar-refractivity contribution in [1.29, 1.82) is 0 Å². The van der Waals surface area contributed by atoms with Gasteiger partial charge in [0.05, 0.1) is 69.1 Å². The maximum absolute atomic E-state index is 9.59. The van der Waals surface area contributed by atoms with E-state index in [1.807, 2.05) is 13.8 Å². The Bertz CT molecular complexity index is 289. The molecule has 2 N–H and O–H groups in total. The first-order chi connectivity index (χ1) is 11.8. The molecule has 0 radical (unpaired) electrons. The first-order valence-corrected chi connectivity index (χ1v) is 9.93. The quantitative estimate of drug-likeness (QED) is 0.134. The maximum atomic E-state index is 9.59. The lowest BCUT2D eigenvalue weighted by atomic mass is 10.4. The van der Waals surface area contributed by atoms with Gasteiger partial charge in [-0.2, -0.15) is 0 Å². The molecule has 0 aliphatic carbocycles. The van der Waals surface area contributed by atoms with Gasteiger partial charge in [-0.3, -0.25) is 0 Å². The zero-order valence-electron chi connectivity index (χ0n) is 16.1. The fourth-order valence-electron chi connectivity index (χ4n) is 1.65. The van der Waals surface area contributed by atoms with Crippen molar-refractivity contribution in [3.8, 4) is 0 Å². The zero-order valence-corrected chi connectivity index (χ0v) is 18.2. The summed E-state index contributed by atoms with van der Waals surface area (Å²) in [5, 5.41) is 12.9. The molecule has 1 unspecified atom stereocenters. The van der Waals surface area contributed by atoms with Crippen LogP contribution in [0.4, 0.5) is 0 Å². The number of aliphatic hydroxyl groups is 1. The van der Waals surface area contributed by atoms with Crippen molar-refractivity contribution in [3.63, 3.8) is 0 Å². The van der Waals surface area contributed by atoms with E-state index < -0.39 is 6.10 Å². The number of aliphatic hydroxyl groups excluding tert-OH is 1. The molecule has 1 atom stereocenters. The summed E-state index contributed by atoms with van der Waals surface area (Å²) in [6.45, 7) is 13.3. The van der Waals surface area contributed by atoms with Gasteiger partial charge in [0.15, 0.2) is 0 Å². The van der Waals surface area contributed by atoms with E-state index in [-0.39, 0.29) is 16.3 Å². The molecule has 0 rings (SSSR count). The molecule has 7 nitrogen and oxygen atoms in total. The number of nitrogens with one attached hydrogen (secondary N) is 1. The lowest BCUT2D eigenvalue weighted by Gasteiger charge is -2.18. The Hall–Kier alpha value is 0.450. The second kappa shape index (κ2) is 16.6. The Morgan fingerprint density at radius 2 is 1.32 bits per heavy atom. The van der Waals surface area contributed by atoms with Crippen LogP contribution in [0.2, 0.25) is 0 Å². The van der Waals surface area contributed by atoms with Gasteiger partial charge in [-0.25, -0.2) is 0 Å². The lowest BCUT2D eigenvalue weighted by Crippen LogP contribution is -2.35. The molecule has 25 heavy (non-hydrogen) atoms. The van der Waals surface area contributed by atoms with Gasteiger partial charge >= 0.3 is 0 Å². The topological polar surface area (TPSA) is 78.4 Å². The average Bonchev–Trinajstić information content (AvgIpc) is 2.52. The van der Waals surface area contributed by atoms with Crippen molar-refractivity contribution in [2.75, 3.05) is 66.0 Å². The molecule has 0 saturated heterocycles. The highest BCUT2D eigenvalue weighted by Gasteiger charge is 2.09. The van der Waals surface area contributed by atoms with Crippen molar-refractivity contribution in [1.82, 2.24) is 5.32 Å². The minimum atomic E-state index is -0.594. The SMILES string of the molecule is CC(C)OCC(O)COCCOCCOCCOCCNC(C)(C)I. The molecule has 0 aromatic carbocycles. The highest BCUT2D eigenvalue weighted by Crippen LogP contribution is 2.10. The van der Waals surface area contributed by atoms with Crippen molar-refractivity contribution < 1.29 is 28.8 Å². The van der Waals surface area contributed by atoms with Crippen LogP contribution in [0.5, 0.6) is 0 Å². The maximum Gasteiger partial charge on any atom is 0.101 e. The van der Waals surface area contributed by atoms with E-state index in [4.69, 9.17) is 23.7 Å². The third-order valence-electron chi connectivity index (χ3n) is 2.84. The molecule has 0 spiro atoms. The number of hydrogen-bond acceptors (Lipinski definition) is 7. The summed E-state index contributed by atoms with van der Waals surface area (Å²) in [6.07, 6.45) is -0.480. The largest absolute Gasteiger partial charge is 0.388 e. The van der Waals surface area contributed by atoms with E-state index in [0.717, 1.165) is 6.54 Å². The third-order valence-corrected chi connectivity index (χ3v) is 3.22. The molecule has 0 aliphatic heterocycles. The van der Waals surface area contributed by atoms with Crippen LogP contribution in [-0.2, 0) is 23.7 Å². The van der Waals surface area contributed by atoms with Gasteiger partial charge < -0.3 is 34.1 Å². The number of alkyl halides is 1. The highest BCUT2D eigenvalue weighted by molar-refractivity contribution is 14.1. The zero-order chi connectivity index (χ0) is 19.0. The summed E-state index contributed by atoms with van der Waals surface area (Å²) in [7, 11) is 0. The molecular weight excluding hydrogens is 441 g/mol. The van der Waals surface area contributed by atoms with Crippen LogP contribution in [-0.4, -0.2) is 86.9 Å². The van der Waals surface area contributed by atoms with Crippen LogP contribution >= 0.6 is 22.6 Å². The van der Waals surface area contributed by atoms with Crippen molar-refractivity contribution >= 4 is 22.6 Å². The third kappa shape index (κ3) is 22.4. The first kappa shape index (κ1) is 25.4. The Balaban J connectivity index is 3.14. The molecule has 8 heteroatoms. The van der Waals surface area contributed by atoms with E-state index in [1.54, 1.807) is 0 Å². The van der Waals surface area contributed by atoms with Crippen molar-refractivity contribution in [2.24, 2.45) is 0 Å². The number of rotatable bonds is 18. The molecule has 0 heterocycles. The minimum absolute atomic E-state index is 0.0959. The van der Waals surface area contributed by atoms with Crippen LogP contribution in [0, 0.1) is 0 Å². The summed E-state index contributed by atoms with van der Waals surface area (Å²) in [5.41, 5.74) is 0. The minimum Gasteiger partial charge on any atom is -0.388 e. The molecule has 0 aromatic heterocycles. The van der Waals surface area contributed by atoms with Crippen molar-refractivity contribution in [2.45, 2.75) is 43.4 Å². The van der Waals surface area contributed by atoms with E-state index in [1.165, 1.54) is 0 Å². The van der Waals surface area contributed by atoms with Gasteiger partial charge in [-0.15, -0.1) is 0 Å². The van der Waals surface area contributed by atoms with Gasteiger partial charge in [0.2, 0.25) is 0 Å². The van der Waals surface area contributed by atoms with Gasteiger partial charge in [-0.05, 0) is 27.7 Å². The molecule has 0 bridgehead atoms. The van der Waals surface area contributed by atoms with E-state index in [0.29, 0.717) is 52.9 Å². The van der Waals surface area contributed by atoms with E-state index in [2.05, 4.69) is 41.8 Å². The second-order valence-electron chi connectivity index (χ2n) is 6.35. The normalized spacial score (nSPS) is 13.6. The van der Waals surface area contributed by atoms with Crippen LogP contribution in [0.25, 0.3) is 0 Å². The van der Waals surface area contributed by atoms with E-state index in [9.17, 15) is 5.11 Å². The molecular formula is C17H36INO6. The monoisotopic (exact) mass is 477 g/mol. The van der Waals surface area contributed by atoms with E-state index >= 15 is 0 Å². The van der Waals surface area contributed by atoms with Crippen molar-refractivity contribution in [3.05, 3.63) is 0 Å². The average molecular weight is 477 g/mol. The molecule has 0 aromatic rings. The summed E-state index contributed by atoms with van der Waals surface area (Å²) in [5.74, 6) is 0. The summed E-state index contributed by atoms with van der Waals surface area (Å²) < 4.78 is 27.0. The molecule has 0 aliphatic rings. The molecule has 0 saturated carbocycles. The van der Waals surface area contributed by atoms with Gasteiger partial charge in [-0.1, -0.05) is 22.6 Å². The smallest absolute Gasteiger partial charge is 0.101 e. The van der Waals surface area contributed by atoms with Gasteiger partial charge in [0, 0.05) is 6.54 Å². The molecule has 152 valence electrons. The Morgan fingerprint density at radius 1 is 0.840 bits per heavy atom. The number of halogens is 1. The summed E-state index contributed by atoms with van der Waals surface area (Å²) >= 11 is 2.35. The number of ether oxygens (including phenoxy) is 5. The van der Waals surface area contributed by atoms with Crippen LogP contribution in [0.15, 0.2) is 0 Å². The predicted octanol–water partition coefficient (Wildman–Crippen LogP) is 1.60. The Morgan fingerprint density at radius 3 is 1.80 bits per heavy atom. The van der Waals surface area contributed by atoms with Crippen LogP contribution in [0.3, 0.4) is 0 Å². The predicted molar refractivity (Wildman–Crippen MR) is 106 cm³/mol. The fourth-order valence-corrected chi connectivity index (χ4v) is 1.92. The molecule has 0 amide bonds. The first-order valence-electron chi connectivity index (χ1n) is 8.86. The Kier molecular flexibility index (Phi) is 16.9. The standard InChI is InChI=1S/C17H36INO6/c1-15(2)25-14-16(20)13-24-12-11-23-10-9-22-8-7-21-6-5-19-17(3,4)18/h15-16,19-20H,5-14H2,1-4H3. The lowest BCUT2D eigenvalue weighted by molar-refractivity contribution is -0.0486. The van der Waals surface area contributed by atoms with Crippen LogP contribution < -0.4 is 5.32 Å². The molecule has 0 fully saturated rings. The highest BCUT2D eigenvalue weighted by atomic mass is 127. The van der Waals surface area contributed by atoms with Gasteiger partial charge in [0.25, 0.3) is 0 Å². The van der Waals surface area contributed by atoms with Gasteiger partial charge in [0.1, 0.15) is 6.10 Å². The fraction of sp³-hybridized carbons (Fsp3) is 1.00. The second-order valence-corrected chi connectivity index (χ2v) is 9.04. The summed E-state index contributed by atoms with van der Waals surface area (Å²) in [4.78, 5) is 0. The Labute approximate surface area is 166 Å².